The van der Waals surface area contributed by atoms with Crippen molar-refractivity contribution >= 4 is 32.4 Å². The SMILES string of the molecule is C=C(c1ccccc1)c1cc(S(=O)(=O)C(C)C)c2nc(N)[nH]c2c1. The molecule has 5 nitrogen and oxygen atoms in total. The minimum Gasteiger partial charge on any atom is -0.369 e. The summed E-state index contributed by atoms with van der Waals surface area (Å²) in [5, 5.41) is -0.557. The fourth-order valence-electron chi connectivity index (χ4n) is 2.56. The second-order valence-corrected chi connectivity index (χ2v) is 8.40. The lowest BCUT2D eigenvalue weighted by Crippen LogP contribution is -2.15. The molecule has 3 N–H and O–H groups in total. The third-order valence-electron chi connectivity index (χ3n) is 3.97. The monoisotopic (exact) mass is 341 g/mol. The highest BCUT2D eigenvalue weighted by molar-refractivity contribution is 7.92. The van der Waals surface area contributed by atoms with Crippen LogP contribution >= 0.6 is 0 Å². The minimum absolute atomic E-state index is 0.176. The predicted octanol–water partition coefficient (Wildman–Crippen LogP) is 3.39. The molecule has 0 bridgehead atoms. The van der Waals surface area contributed by atoms with Crippen LogP contribution in [-0.4, -0.2) is 23.6 Å². The summed E-state index contributed by atoms with van der Waals surface area (Å²) in [6, 6.07) is 13.1. The van der Waals surface area contributed by atoms with E-state index in [0.29, 0.717) is 11.0 Å². The van der Waals surface area contributed by atoms with Gasteiger partial charge < -0.3 is 10.7 Å². The first-order chi connectivity index (χ1) is 11.3. The normalized spacial score (nSPS) is 12.0. The topological polar surface area (TPSA) is 88.8 Å². The van der Waals surface area contributed by atoms with Crippen LogP contribution in [0.5, 0.6) is 0 Å². The van der Waals surface area contributed by atoms with Crippen LogP contribution in [0.1, 0.15) is 25.0 Å². The van der Waals surface area contributed by atoms with Gasteiger partial charge in [0.2, 0.25) is 0 Å². The molecule has 0 saturated heterocycles. The van der Waals surface area contributed by atoms with E-state index in [1.807, 2.05) is 36.4 Å². The Bertz CT molecular complexity index is 1020. The number of fused-ring (bicyclic) bond motifs is 1. The molecular formula is C18H19N3O2S. The zero-order valence-electron chi connectivity index (χ0n) is 13.6. The van der Waals surface area contributed by atoms with Crippen molar-refractivity contribution < 1.29 is 8.42 Å². The second kappa shape index (κ2) is 5.79. The van der Waals surface area contributed by atoms with E-state index in [1.54, 1.807) is 19.9 Å². The van der Waals surface area contributed by atoms with Gasteiger partial charge in [-0.3, -0.25) is 0 Å². The van der Waals surface area contributed by atoms with Gasteiger partial charge in [-0.05, 0) is 42.7 Å². The summed E-state index contributed by atoms with van der Waals surface area (Å²) < 4.78 is 25.5. The largest absolute Gasteiger partial charge is 0.369 e. The standard InChI is InChI=1S/C18H19N3O2S/c1-11(2)24(22,23)16-10-14(9-15-17(16)21-18(19)20-15)12(3)13-7-5-4-6-8-13/h4-11H,3H2,1-2H3,(H3,19,20,21). The van der Waals surface area contributed by atoms with Gasteiger partial charge in [0.25, 0.3) is 0 Å². The molecule has 2 aromatic carbocycles. The molecule has 3 rings (SSSR count). The molecule has 1 heterocycles. The number of hydrogen-bond acceptors (Lipinski definition) is 4. The number of nitrogens with two attached hydrogens (primary N) is 1. The van der Waals surface area contributed by atoms with Crippen molar-refractivity contribution in [3.63, 3.8) is 0 Å². The van der Waals surface area contributed by atoms with E-state index < -0.39 is 15.1 Å². The van der Waals surface area contributed by atoms with Crippen molar-refractivity contribution in [2.24, 2.45) is 0 Å². The average Bonchev–Trinajstić information content (AvgIpc) is 2.93. The van der Waals surface area contributed by atoms with Crippen LogP contribution in [0, 0.1) is 0 Å². The minimum atomic E-state index is -3.51. The van der Waals surface area contributed by atoms with E-state index in [4.69, 9.17) is 5.73 Å². The molecule has 0 radical (unpaired) electrons. The van der Waals surface area contributed by atoms with Crippen LogP contribution in [0.2, 0.25) is 0 Å². The zero-order valence-corrected chi connectivity index (χ0v) is 14.4. The Hall–Kier alpha value is -2.60. The van der Waals surface area contributed by atoms with Gasteiger partial charge in [-0.2, -0.15) is 0 Å². The lowest BCUT2D eigenvalue weighted by atomic mass is 9.99. The quantitative estimate of drug-likeness (QED) is 0.761. The van der Waals surface area contributed by atoms with E-state index in [9.17, 15) is 8.42 Å². The Labute approximate surface area is 141 Å². The molecule has 0 saturated carbocycles. The number of benzene rings is 2. The maximum atomic E-state index is 12.7. The van der Waals surface area contributed by atoms with Crippen molar-refractivity contribution in [1.29, 1.82) is 0 Å². The van der Waals surface area contributed by atoms with Gasteiger partial charge in [-0.15, -0.1) is 0 Å². The average molecular weight is 341 g/mol. The Morgan fingerprint density at radius 2 is 1.83 bits per heavy atom. The number of H-pyrrole nitrogens is 1. The van der Waals surface area contributed by atoms with E-state index >= 15 is 0 Å². The summed E-state index contributed by atoms with van der Waals surface area (Å²) in [4.78, 5) is 7.24. The van der Waals surface area contributed by atoms with Gasteiger partial charge in [0, 0.05) is 0 Å². The highest BCUT2D eigenvalue weighted by Gasteiger charge is 2.25. The van der Waals surface area contributed by atoms with E-state index in [0.717, 1.165) is 16.7 Å². The Kier molecular flexibility index (Phi) is 3.93. The lowest BCUT2D eigenvalue weighted by Gasteiger charge is -2.12. The number of anilines is 1. The third kappa shape index (κ3) is 2.69. The first-order valence-corrected chi connectivity index (χ1v) is 9.13. The number of nitrogens with zero attached hydrogens (tertiary/aromatic N) is 1. The number of nitrogens with one attached hydrogen (secondary N) is 1. The maximum absolute atomic E-state index is 12.7. The second-order valence-electron chi connectivity index (χ2n) is 5.93. The van der Waals surface area contributed by atoms with Gasteiger partial charge in [-0.1, -0.05) is 36.9 Å². The molecule has 0 atom stereocenters. The lowest BCUT2D eigenvalue weighted by molar-refractivity contribution is 0.588. The summed E-state index contributed by atoms with van der Waals surface area (Å²) in [5.41, 5.74) is 9.07. The molecule has 3 aromatic rings. The molecule has 6 heteroatoms. The van der Waals surface area contributed by atoms with Crippen LogP contribution in [-0.2, 0) is 9.84 Å². The maximum Gasteiger partial charge on any atom is 0.198 e. The number of hydrogen-bond donors (Lipinski definition) is 2. The fourth-order valence-corrected chi connectivity index (χ4v) is 3.78. The number of rotatable bonds is 4. The third-order valence-corrected chi connectivity index (χ3v) is 6.13. The Morgan fingerprint density at radius 1 is 1.17 bits per heavy atom. The van der Waals surface area contributed by atoms with Crippen molar-refractivity contribution in [1.82, 2.24) is 9.97 Å². The van der Waals surface area contributed by atoms with Gasteiger partial charge in [0.05, 0.1) is 15.7 Å². The predicted molar refractivity (Wildman–Crippen MR) is 97.4 cm³/mol. The van der Waals surface area contributed by atoms with Crippen molar-refractivity contribution in [2.75, 3.05) is 5.73 Å². The van der Waals surface area contributed by atoms with Gasteiger partial charge >= 0.3 is 0 Å². The molecule has 24 heavy (non-hydrogen) atoms. The summed E-state index contributed by atoms with van der Waals surface area (Å²) in [6.07, 6.45) is 0. The number of nitrogen functional groups attached to an aromatic ring is 1. The van der Waals surface area contributed by atoms with Crippen molar-refractivity contribution in [2.45, 2.75) is 24.0 Å². The molecule has 124 valence electrons. The molecule has 0 spiro atoms. The Morgan fingerprint density at radius 3 is 2.46 bits per heavy atom. The Balaban J connectivity index is 2.27. The number of imidazole rings is 1. The van der Waals surface area contributed by atoms with E-state index in [1.165, 1.54) is 0 Å². The number of aromatic nitrogens is 2. The van der Waals surface area contributed by atoms with Crippen LogP contribution in [0.15, 0.2) is 53.9 Å². The smallest absolute Gasteiger partial charge is 0.198 e. The first kappa shape index (κ1) is 16.3. The summed E-state index contributed by atoms with van der Waals surface area (Å²) >= 11 is 0. The highest BCUT2D eigenvalue weighted by Crippen LogP contribution is 2.31. The van der Waals surface area contributed by atoms with Gasteiger partial charge in [0.15, 0.2) is 15.8 Å². The number of sulfone groups is 1. The molecule has 0 aliphatic carbocycles. The van der Waals surface area contributed by atoms with Crippen molar-refractivity contribution in [3.05, 3.63) is 60.2 Å². The van der Waals surface area contributed by atoms with Crippen LogP contribution in [0.4, 0.5) is 5.95 Å². The number of aromatic amines is 1. The molecule has 0 aliphatic heterocycles. The summed E-state index contributed by atoms with van der Waals surface area (Å²) in [7, 11) is -3.51. The van der Waals surface area contributed by atoms with Crippen LogP contribution < -0.4 is 5.73 Å². The highest BCUT2D eigenvalue weighted by atomic mass is 32.2. The van der Waals surface area contributed by atoms with E-state index in [-0.39, 0.29) is 10.8 Å². The molecule has 0 amide bonds. The van der Waals surface area contributed by atoms with Gasteiger partial charge in [0.1, 0.15) is 5.52 Å². The van der Waals surface area contributed by atoms with Crippen LogP contribution in [0.3, 0.4) is 0 Å². The summed E-state index contributed by atoms with van der Waals surface area (Å²) in [5.74, 6) is 0.188. The molecule has 0 unspecified atom stereocenters. The molecule has 0 fully saturated rings. The van der Waals surface area contributed by atoms with Crippen molar-refractivity contribution in [3.8, 4) is 0 Å². The van der Waals surface area contributed by atoms with E-state index in [2.05, 4.69) is 16.5 Å². The molecule has 1 aromatic heterocycles. The molecular weight excluding hydrogens is 322 g/mol. The van der Waals surface area contributed by atoms with Gasteiger partial charge in [-0.25, -0.2) is 13.4 Å². The fraction of sp³-hybridized carbons (Fsp3) is 0.167. The zero-order chi connectivity index (χ0) is 17.5. The summed E-state index contributed by atoms with van der Waals surface area (Å²) in [6.45, 7) is 7.41. The van der Waals surface area contributed by atoms with Crippen LogP contribution in [0.25, 0.3) is 16.6 Å². The first-order valence-electron chi connectivity index (χ1n) is 7.58. The molecule has 0 aliphatic rings.